The highest BCUT2D eigenvalue weighted by atomic mass is 16.5. The molecule has 9 heteroatoms. The van der Waals surface area contributed by atoms with Crippen LogP contribution in [0.5, 0.6) is 23.0 Å². The smallest absolute Gasteiger partial charge is 0.323 e. The summed E-state index contributed by atoms with van der Waals surface area (Å²) in [6.07, 6.45) is 7.05. The third-order valence-corrected chi connectivity index (χ3v) is 8.48. The van der Waals surface area contributed by atoms with Crippen LogP contribution < -0.4 is 24.8 Å². The molecule has 4 aromatic carbocycles. The second-order valence-electron chi connectivity index (χ2n) is 12.0. The highest BCUT2D eigenvalue weighted by molar-refractivity contribution is 6.04. The summed E-state index contributed by atoms with van der Waals surface area (Å²) in [6.45, 7) is 0.992. The molecule has 0 bridgehead atoms. The average Bonchev–Trinajstić information content (AvgIpc) is 3.65. The van der Waals surface area contributed by atoms with Crippen molar-refractivity contribution < 1.29 is 28.5 Å². The van der Waals surface area contributed by atoms with E-state index in [1.807, 2.05) is 60.7 Å². The maximum absolute atomic E-state index is 13.1. The number of carbonyl (C=O) groups excluding carboxylic acids is 2. The number of hydrogen-bond donors (Lipinski definition) is 2. The van der Waals surface area contributed by atoms with E-state index in [-0.39, 0.29) is 18.0 Å². The van der Waals surface area contributed by atoms with Crippen molar-refractivity contribution in [3.05, 3.63) is 120 Å². The van der Waals surface area contributed by atoms with Crippen LogP contribution in [0.1, 0.15) is 48.0 Å². The zero-order valence-corrected chi connectivity index (χ0v) is 27.6. The molecule has 252 valence electrons. The van der Waals surface area contributed by atoms with Crippen LogP contribution in [0, 0.1) is 0 Å². The normalized spacial score (nSPS) is 13.5. The Labute approximate surface area is 286 Å². The van der Waals surface area contributed by atoms with Gasteiger partial charge in [0.1, 0.15) is 23.6 Å². The van der Waals surface area contributed by atoms with Crippen LogP contribution in [0.2, 0.25) is 0 Å². The molecule has 0 spiro atoms. The Morgan fingerprint density at radius 3 is 2.33 bits per heavy atom. The minimum atomic E-state index is -0.426. The number of aromatic nitrogens is 1. The lowest BCUT2D eigenvalue weighted by Crippen LogP contribution is -2.41. The van der Waals surface area contributed by atoms with Crippen molar-refractivity contribution in [3.63, 3.8) is 0 Å². The van der Waals surface area contributed by atoms with E-state index in [1.54, 1.807) is 55.8 Å². The summed E-state index contributed by atoms with van der Waals surface area (Å²) < 4.78 is 23.9. The zero-order valence-electron chi connectivity index (χ0n) is 27.6. The maximum Gasteiger partial charge on any atom is 0.323 e. The molecule has 1 amide bonds. The molecule has 5 aromatic rings. The third kappa shape index (κ3) is 9.15. The van der Waals surface area contributed by atoms with E-state index in [4.69, 9.17) is 18.9 Å². The fraction of sp³-hybridized carbons (Fsp3) is 0.275. The lowest BCUT2D eigenvalue weighted by molar-refractivity contribution is -0.151. The van der Waals surface area contributed by atoms with Crippen molar-refractivity contribution in [3.8, 4) is 23.0 Å². The Bertz CT molecular complexity index is 1830. The molecule has 1 saturated carbocycles. The molecule has 1 atom stereocenters. The summed E-state index contributed by atoms with van der Waals surface area (Å²) >= 11 is 0. The number of carbonyl (C=O) groups is 2. The predicted octanol–water partition coefficient (Wildman–Crippen LogP) is 7.74. The van der Waals surface area contributed by atoms with Gasteiger partial charge >= 0.3 is 5.97 Å². The Morgan fingerprint density at radius 1 is 0.857 bits per heavy atom. The van der Waals surface area contributed by atoms with Gasteiger partial charge in [0.2, 0.25) is 0 Å². The zero-order chi connectivity index (χ0) is 33.8. The third-order valence-electron chi connectivity index (χ3n) is 8.48. The van der Waals surface area contributed by atoms with E-state index in [0.717, 1.165) is 36.6 Å². The first-order valence-electron chi connectivity index (χ1n) is 16.8. The van der Waals surface area contributed by atoms with Crippen LogP contribution in [0.25, 0.3) is 10.9 Å². The van der Waals surface area contributed by atoms with E-state index in [0.29, 0.717) is 65.8 Å². The van der Waals surface area contributed by atoms with Crippen LogP contribution in [-0.4, -0.2) is 49.3 Å². The Kier molecular flexibility index (Phi) is 11.4. The van der Waals surface area contributed by atoms with Crippen molar-refractivity contribution >= 4 is 28.5 Å². The highest BCUT2D eigenvalue weighted by Gasteiger charge is 2.25. The number of ether oxygens (including phenoxy) is 4. The molecule has 1 heterocycles. The molecule has 1 fully saturated rings. The highest BCUT2D eigenvalue weighted by Crippen LogP contribution is 2.37. The lowest BCUT2D eigenvalue weighted by atomic mass is 10.1. The number of nitrogens with zero attached hydrogens (tertiary/aromatic N) is 1. The van der Waals surface area contributed by atoms with Gasteiger partial charge in [0.05, 0.1) is 19.2 Å². The van der Waals surface area contributed by atoms with Crippen molar-refractivity contribution in [2.24, 2.45) is 0 Å². The summed E-state index contributed by atoms with van der Waals surface area (Å²) in [6, 6.07) is 31.3. The molecule has 0 unspecified atom stereocenters. The molecule has 49 heavy (non-hydrogen) atoms. The van der Waals surface area contributed by atoms with Gasteiger partial charge in [-0.15, -0.1) is 0 Å². The van der Waals surface area contributed by atoms with Crippen LogP contribution in [0.15, 0.2) is 109 Å². The number of methoxy groups -OCH3 is 1. The van der Waals surface area contributed by atoms with Crippen LogP contribution in [0.4, 0.5) is 5.69 Å². The van der Waals surface area contributed by atoms with Crippen LogP contribution >= 0.6 is 0 Å². The Hall–Kier alpha value is -5.41. The summed E-state index contributed by atoms with van der Waals surface area (Å²) in [5, 5.41) is 7.06. The first-order valence-corrected chi connectivity index (χ1v) is 16.8. The van der Waals surface area contributed by atoms with Crippen LogP contribution in [0.3, 0.4) is 0 Å². The largest absolute Gasteiger partial charge is 0.493 e. The molecule has 0 saturated heterocycles. The molecule has 2 N–H and O–H groups in total. The number of hydrogen-bond acceptors (Lipinski definition) is 8. The summed E-state index contributed by atoms with van der Waals surface area (Å²) in [5.41, 5.74) is 3.02. The number of benzene rings is 4. The summed E-state index contributed by atoms with van der Waals surface area (Å²) in [4.78, 5) is 30.1. The lowest BCUT2D eigenvalue weighted by Gasteiger charge is -2.20. The molecule has 9 nitrogen and oxygen atoms in total. The Morgan fingerprint density at radius 2 is 1.59 bits per heavy atom. The first-order chi connectivity index (χ1) is 24.1. The summed E-state index contributed by atoms with van der Waals surface area (Å²) in [5.74, 6) is 1.97. The van der Waals surface area contributed by atoms with Gasteiger partial charge in [-0.3, -0.25) is 14.6 Å². The summed E-state index contributed by atoms with van der Waals surface area (Å²) in [7, 11) is 1.60. The maximum atomic E-state index is 13.1. The fourth-order valence-corrected chi connectivity index (χ4v) is 5.89. The van der Waals surface area contributed by atoms with Crippen molar-refractivity contribution in [2.45, 2.75) is 50.7 Å². The second kappa shape index (κ2) is 16.6. The minimum Gasteiger partial charge on any atom is -0.493 e. The van der Waals surface area contributed by atoms with Gasteiger partial charge in [0, 0.05) is 28.9 Å². The fourth-order valence-electron chi connectivity index (χ4n) is 5.89. The van der Waals surface area contributed by atoms with E-state index in [9.17, 15) is 9.59 Å². The van der Waals surface area contributed by atoms with E-state index >= 15 is 0 Å². The van der Waals surface area contributed by atoms with E-state index < -0.39 is 6.04 Å². The number of fused-ring (bicyclic) bond motifs is 1. The topological polar surface area (TPSA) is 108 Å². The van der Waals surface area contributed by atoms with Crippen molar-refractivity contribution in [2.75, 3.05) is 25.6 Å². The molecular formula is C40H41N3O6. The van der Waals surface area contributed by atoms with Gasteiger partial charge in [0.25, 0.3) is 5.91 Å². The van der Waals surface area contributed by atoms with Gasteiger partial charge in [-0.2, -0.15) is 0 Å². The SMILES string of the molecule is COc1cc2c(Oc3ccc(NC(=O)c4ccccc4)cc3)ccnc2cc1OCCCN[C@@H](Cc1ccccc1)C(=O)OC1CCCC1. The van der Waals surface area contributed by atoms with Gasteiger partial charge in [0.15, 0.2) is 11.5 Å². The minimum absolute atomic E-state index is 0.0239. The Balaban J connectivity index is 1.05. The number of nitrogens with one attached hydrogen (secondary N) is 2. The molecular weight excluding hydrogens is 618 g/mol. The molecule has 6 rings (SSSR count). The molecule has 1 aliphatic carbocycles. The number of amides is 1. The number of rotatable bonds is 15. The second-order valence-corrected chi connectivity index (χ2v) is 12.0. The first kappa shape index (κ1) is 33.5. The molecule has 0 aliphatic heterocycles. The van der Waals surface area contributed by atoms with Crippen molar-refractivity contribution in [1.29, 1.82) is 0 Å². The number of pyridine rings is 1. The van der Waals surface area contributed by atoms with Crippen LogP contribution in [-0.2, 0) is 16.0 Å². The van der Waals surface area contributed by atoms with Gasteiger partial charge in [-0.1, -0.05) is 48.5 Å². The average molecular weight is 660 g/mol. The number of esters is 1. The predicted molar refractivity (Wildman–Crippen MR) is 190 cm³/mol. The molecule has 0 radical (unpaired) electrons. The molecule has 1 aromatic heterocycles. The molecule has 1 aliphatic rings. The quantitative estimate of drug-likeness (QED) is 0.0868. The monoisotopic (exact) mass is 659 g/mol. The van der Waals surface area contributed by atoms with E-state index in [2.05, 4.69) is 15.6 Å². The van der Waals surface area contributed by atoms with Gasteiger partial charge < -0.3 is 29.6 Å². The van der Waals surface area contributed by atoms with Gasteiger partial charge in [-0.25, -0.2) is 0 Å². The van der Waals surface area contributed by atoms with Gasteiger partial charge in [-0.05, 0) is 99.2 Å². The number of anilines is 1. The van der Waals surface area contributed by atoms with E-state index in [1.165, 1.54) is 0 Å². The standard InChI is InChI=1S/C40H41N3O6/c1-46-37-26-33-34(42-23-21-36(33)48-32-19-17-30(18-20-32)43-39(44)29-13-6-3-7-14-29)27-38(37)47-24-10-22-41-35(25-28-11-4-2-5-12-28)40(45)49-31-15-8-9-16-31/h2-7,11-14,17-21,23,26-27,31,35,41H,8-10,15-16,22,24-25H2,1H3,(H,43,44)/t35-/m0/s1. The van der Waals surface area contributed by atoms with Crippen molar-refractivity contribution in [1.82, 2.24) is 10.3 Å².